The maximum Gasteiger partial charge on any atom is 0.254 e. The zero-order chi connectivity index (χ0) is 10.9. The van der Waals surface area contributed by atoms with E-state index in [1.54, 1.807) is 6.07 Å². The fraction of sp³-hybridized carbons (Fsp3) is 0.333. The Morgan fingerprint density at radius 1 is 1.27 bits per heavy atom. The Morgan fingerprint density at radius 2 is 2.00 bits per heavy atom. The highest BCUT2D eigenvalue weighted by molar-refractivity contribution is 5.37. The molecular weight excluding hydrogens is 201 g/mol. The molecule has 0 unspecified atom stereocenters. The van der Waals surface area contributed by atoms with Gasteiger partial charge in [0.1, 0.15) is 5.82 Å². The highest BCUT2D eigenvalue weighted by Crippen LogP contribution is 2.50. The summed E-state index contributed by atoms with van der Waals surface area (Å²) in [7, 11) is 0. The van der Waals surface area contributed by atoms with Crippen LogP contribution in [0, 0.1) is 23.1 Å². The fourth-order valence-electron chi connectivity index (χ4n) is 1.30. The molecule has 1 saturated carbocycles. The predicted octanol–water partition coefficient (Wildman–Crippen LogP) is 3.22. The average Bonchev–Trinajstić information content (AvgIpc) is 2.96. The third-order valence-electron chi connectivity index (χ3n) is 2.49. The predicted molar refractivity (Wildman–Crippen MR) is 50.9 cm³/mol. The van der Waals surface area contributed by atoms with Gasteiger partial charge in [-0.05, 0) is 31.0 Å². The van der Waals surface area contributed by atoms with Gasteiger partial charge >= 0.3 is 0 Å². The SMILES string of the molecule is Fc1cccc(C#CC2(C(F)F)CC2)c1. The second-order valence-corrected chi connectivity index (χ2v) is 3.72. The zero-order valence-corrected chi connectivity index (χ0v) is 7.93. The van der Waals surface area contributed by atoms with Crippen molar-refractivity contribution >= 4 is 0 Å². The maximum atomic E-state index is 12.7. The first-order valence-corrected chi connectivity index (χ1v) is 4.69. The summed E-state index contributed by atoms with van der Waals surface area (Å²) in [6.45, 7) is 0. The molecule has 1 aliphatic carbocycles. The molecule has 0 heterocycles. The molecule has 0 aromatic heterocycles. The molecular formula is C12H9F3. The lowest BCUT2D eigenvalue weighted by Gasteiger charge is -2.03. The molecule has 78 valence electrons. The summed E-state index contributed by atoms with van der Waals surface area (Å²) in [5, 5.41) is 0. The molecule has 0 bridgehead atoms. The minimum atomic E-state index is -2.40. The van der Waals surface area contributed by atoms with Gasteiger partial charge in [-0.3, -0.25) is 0 Å². The number of halogens is 3. The van der Waals surface area contributed by atoms with Gasteiger partial charge in [0.25, 0.3) is 6.43 Å². The number of hydrogen-bond donors (Lipinski definition) is 0. The van der Waals surface area contributed by atoms with Crippen molar-refractivity contribution in [3.05, 3.63) is 35.6 Å². The summed E-state index contributed by atoms with van der Waals surface area (Å²) >= 11 is 0. The Hall–Kier alpha value is -1.43. The lowest BCUT2D eigenvalue weighted by molar-refractivity contribution is 0.0921. The van der Waals surface area contributed by atoms with E-state index in [1.165, 1.54) is 18.2 Å². The molecule has 3 heteroatoms. The van der Waals surface area contributed by atoms with E-state index in [4.69, 9.17) is 0 Å². The Morgan fingerprint density at radius 3 is 2.53 bits per heavy atom. The van der Waals surface area contributed by atoms with Gasteiger partial charge in [0.15, 0.2) is 0 Å². The van der Waals surface area contributed by atoms with Gasteiger partial charge in [0.05, 0.1) is 5.41 Å². The highest BCUT2D eigenvalue weighted by Gasteiger charge is 2.49. The van der Waals surface area contributed by atoms with Crippen LogP contribution in [0.4, 0.5) is 13.2 Å². The van der Waals surface area contributed by atoms with E-state index in [9.17, 15) is 13.2 Å². The van der Waals surface area contributed by atoms with Crippen molar-refractivity contribution in [3.63, 3.8) is 0 Å². The summed E-state index contributed by atoms with van der Waals surface area (Å²) < 4.78 is 37.7. The standard InChI is InChI=1S/C12H9F3/c13-10-3-1-2-9(8-10)4-5-12(6-7-12)11(14)15/h1-3,8,11H,6-7H2. The normalized spacial score (nSPS) is 17.1. The molecule has 1 aliphatic rings. The Bertz CT molecular complexity index is 422. The van der Waals surface area contributed by atoms with E-state index in [0.717, 1.165) is 0 Å². The van der Waals surface area contributed by atoms with E-state index in [0.29, 0.717) is 18.4 Å². The summed E-state index contributed by atoms with van der Waals surface area (Å²) in [5.74, 6) is 4.75. The van der Waals surface area contributed by atoms with Crippen LogP contribution in [0.2, 0.25) is 0 Å². The van der Waals surface area contributed by atoms with Gasteiger partial charge in [-0.25, -0.2) is 13.2 Å². The van der Waals surface area contributed by atoms with Crippen LogP contribution in [0.1, 0.15) is 18.4 Å². The summed E-state index contributed by atoms with van der Waals surface area (Å²) in [5.41, 5.74) is -0.673. The largest absolute Gasteiger partial charge is 0.254 e. The number of rotatable bonds is 1. The molecule has 0 radical (unpaired) electrons. The molecule has 0 aliphatic heterocycles. The molecule has 0 atom stereocenters. The quantitative estimate of drug-likeness (QED) is 0.624. The maximum absolute atomic E-state index is 12.7. The van der Waals surface area contributed by atoms with E-state index in [1.807, 2.05) is 0 Å². The van der Waals surface area contributed by atoms with E-state index < -0.39 is 17.7 Å². The van der Waals surface area contributed by atoms with Gasteiger partial charge in [-0.15, -0.1) is 0 Å². The van der Waals surface area contributed by atoms with Crippen LogP contribution < -0.4 is 0 Å². The van der Waals surface area contributed by atoms with Crippen molar-refractivity contribution in [2.45, 2.75) is 19.3 Å². The van der Waals surface area contributed by atoms with E-state index in [-0.39, 0.29) is 0 Å². The molecule has 1 aromatic carbocycles. The number of hydrogen-bond acceptors (Lipinski definition) is 0. The van der Waals surface area contributed by atoms with Gasteiger partial charge in [0.2, 0.25) is 0 Å². The van der Waals surface area contributed by atoms with Crippen LogP contribution in [0.5, 0.6) is 0 Å². The van der Waals surface area contributed by atoms with Gasteiger partial charge in [0, 0.05) is 5.56 Å². The summed E-state index contributed by atoms with van der Waals surface area (Å²) in [6, 6.07) is 5.67. The van der Waals surface area contributed by atoms with Crippen molar-refractivity contribution in [2.75, 3.05) is 0 Å². The number of alkyl halides is 2. The van der Waals surface area contributed by atoms with E-state index in [2.05, 4.69) is 11.8 Å². The fourth-order valence-corrected chi connectivity index (χ4v) is 1.30. The smallest absolute Gasteiger partial charge is 0.209 e. The zero-order valence-electron chi connectivity index (χ0n) is 7.93. The van der Waals surface area contributed by atoms with Gasteiger partial charge < -0.3 is 0 Å². The third kappa shape index (κ3) is 2.15. The van der Waals surface area contributed by atoms with Crippen LogP contribution >= 0.6 is 0 Å². The van der Waals surface area contributed by atoms with Crippen molar-refractivity contribution in [2.24, 2.45) is 5.41 Å². The first kappa shape index (κ1) is 10.1. The lowest BCUT2D eigenvalue weighted by atomic mass is 10.1. The molecule has 0 nitrogen and oxygen atoms in total. The van der Waals surface area contributed by atoms with E-state index >= 15 is 0 Å². The van der Waals surface area contributed by atoms with Crippen molar-refractivity contribution < 1.29 is 13.2 Å². The van der Waals surface area contributed by atoms with Crippen LogP contribution in [-0.4, -0.2) is 6.43 Å². The van der Waals surface area contributed by atoms with Crippen molar-refractivity contribution in [1.82, 2.24) is 0 Å². The first-order chi connectivity index (χ1) is 7.12. The second-order valence-electron chi connectivity index (χ2n) is 3.72. The lowest BCUT2D eigenvalue weighted by Crippen LogP contribution is -2.08. The molecule has 2 rings (SSSR count). The molecule has 15 heavy (non-hydrogen) atoms. The highest BCUT2D eigenvalue weighted by atomic mass is 19.3. The summed E-state index contributed by atoms with van der Waals surface area (Å²) in [4.78, 5) is 0. The summed E-state index contributed by atoms with van der Waals surface area (Å²) in [6.07, 6.45) is -1.53. The molecule has 0 saturated heterocycles. The van der Waals surface area contributed by atoms with Crippen LogP contribution in [0.3, 0.4) is 0 Å². The van der Waals surface area contributed by atoms with Crippen molar-refractivity contribution in [3.8, 4) is 11.8 Å². The van der Waals surface area contributed by atoms with Crippen LogP contribution in [0.25, 0.3) is 0 Å². The molecule has 1 fully saturated rings. The first-order valence-electron chi connectivity index (χ1n) is 4.69. The number of benzene rings is 1. The third-order valence-corrected chi connectivity index (χ3v) is 2.49. The second kappa shape index (κ2) is 3.62. The van der Waals surface area contributed by atoms with Gasteiger partial charge in [-0.2, -0.15) is 0 Å². The van der Waals surface area contributed by atoms with Gasteiger partial charge in [-0.1, -0.05) is 17.9 Å². The van der Waals surface area contributed by atoms with Crippen LogP contribution in [0.15, 0.2) is 24.3 Å². The Balaban J connectivity index is 2.19. The monoisotopic (exact) mass is 210 g/mol. The minimum absolute atomic E-state index is 0.399. The minimum Gasteiger partial charge on any atom is -0.209 e. The Kier molecular flexibility index (Phi) is 2.44. The molecule has 0 N–H and O–H groups in total. The van der Waals surface area contributed by atoms with Crippen molar-refractivity contribution in [1.29, 1.82) is 0 Å². The average molecular weight is 210 g/mol. The topological polar surface area (TPSA) is 0 Å². The molecule has 0 spiro atoms. The molecule has 1 aromatic rings. The van der Waals surface area contributed by atoms with Crippen LogP contribution in [-0.2, 0) is 0 Å². The Labute approximate surface area is 86.1 Å². The molecule has 0 amide bonds.